The first-order valence-electron chi connectivity index (χ1n) is 22.5. The van der Waals surface area contributed by atoms with Gasteiger partial charge in [-0.1, -0.05) is 19.0 Å². The highest BCUT2D eigenvalue weighted by Crippen LogP contribution is 2.54. The summed E-state index contributed by atoms with van der Waals surface area (Å²) in [4.78, 5) is 47.2. The van der Waals surface area contributed by atoms with Gasteiger partial charge in [0.1, 0.15) is 18.8 Å². The number of hydrogen-bond acceptors (Lipinski definition) is 9. The molecule has 15 nitrogen and oxygen atoms in total. The molecule has 1 aliphatic carbocycles. The summed E-state index contributed by atoms with van der Waals surface area (Å²) < 4.78 is 46.5. The Bertz CT molecular complexity index is 3170. The van der Waals surface area contributed by atoms with Crippen LogP contribution in [0, 0.1) is 19.7 Å². The van der Waals surface area contributed by atoms with Crippen molar-refractivity contribution in [1.82, 2.24) is 38.4 Å². The molecule has 65 heavy (non-hydrogen) atoms. The van der Waals surface area contributed by atoms with Crippen LogP contribution >= 0.6 is 7.14 Å². The van der Waals surface area contributed by atoms with E-state index in [9.17, 15) is 14.2 Å². The van der Waals surface area contributed by atoms with Crippen LogP contribution in [-0.2, 0) is 21.1 Å². The third-order valence-corrected chi connectivity index (χ3v) is 17.5. The quantitative estimate of drug-likeness (QED) is 0.127. The Morgan fingerprint density at radius 1 is 0.969 bits per heavy atom. The number of carbonyl (C=O) groups excluding carboxylic acids is 1. The van der Waals surface area contributed by atoms with Gasteiger partial charge < -0.3 is 23.9 Å². The summed E-state index contributed by atoms with van der Waals surface area (Å²) in [6, 6.07) is 14.6. The van der Waals surface area contributed by atoms with Crippen LogP contribution in [0.4, 0.5) is 10.1 Å². The van der Waals surface area contributed by atoms with Gasteiger partial charge in [0.2, 0.25) is 0 Å². The molecule has 1 amide bonds. The second-order valence-electron chi connectivity index (χ2n) is 17.8. The van der Waals surface area contributed by atoms with Crippen LogP contribution in [0.25, 0.3) is 22.7 Å². The van der Waals surface area contributed by atoms with Crippen LogP contribution in [0.5, 0.6) is 0 Å². The zero-order chi connectivity index (χ0) is 45.5. The first-order valence-corrected chi connectivity index (χ1v) is 24.6. The first-order chi connectivity index (χ1) is 31.3. The van der Waals surface area contributed by atoms with E-state index in [1.54, 1.807) is 50.1 Å². The molecular formula is C48H53FN9O6P. The van der Waals surface area contributed by atoms with Crippen LogP contribution in [0.3, 0.4) is 0 Å². The number of fused-ring (bicyclic) bond motifs is 2. The average molecular weight is 902 g/mol. The lowest BCUT2D eigenvalue weighted by Crippen LogP contribution is -2.40. The van der Waals surface area contributed by atoms with Gasteiger partial charge in [0.05, 0.1) is 34.1 Å². The molecule has 5 aromatic heterocycles. The van der Waals surface area contributed by atoms with Crippen molar-refractivity contribution in [3.63, 3.8) is 0 Å². The minimum Gasteiger partial charge on any atom is -0.387 e. The number of aromatic amines is 1. The Kier molecular flexibility index (Phi) is 10.5. The fraction of sp³-hybridized carbons (Fsp3) is 0.396. The number of nitrogens with one attached hydrogen (secondary N) is 2. The number of nitrogens with zero attached hydrogens (tertiary/aromatic N) is 7. The Balaban J connectivity index is 1.10. The lowest BCUT2D eigenvalue weighted by Gasteiger charge is -2.34. The van der Waals surface area contributed by atoms with Gasteiger partial charge in [-0.3, -0.25) is 23.4 Å². The normalized spacial score (nSPS) is 17.5. The summed E-state index contributed by atoms with van der Waals surface area (Å²) in [5.41, 5.74) is 6.26. The lowest BCUT2D eigenvalue weighted by atomic mass is 9.92. The molecule has 0 spiro atoms. The van der Waals surface area contributed by atoms with Crippen LogP contribution < -0.4 is 22.1 Å². The van der Waals surface area contributed by atoms with E-state index in [1.165, 1.54) is 14.7 Å². The van der Waals surface area contributed by atoms with E-state index < -0.39 is 24.4 Å². The zero-order valence-electron chi connectivity index (χ0n) is 37.5. The van der Waals surface area contributed by atoms with Gasteiger partial charge in [0.15, 0.2) is 5.82 Å². The number of benzene rings is 2. The number of H-pyrrole nitrogens is 1. The molecule has 7 aromatic rings. The Hall–Kier alpha value is -6.25. The SMILES string of the molecule is CCP(=O)(CC)c1ccc(-n2ccn(-c3c4c(nn3-c3cc(C)c(F)c(C)c3)CCN(C(=O)c3cc5cc(C6CCOCC6)ccn5c3C3(c5noc(=O)[nH]5)CC3)[C@H]4C)c2=O)cc1NC. The van der Waals surface area contributed by atoms with Crippen molar-refractivity contribution in [3.05, 3.63) is 139 Å². The van der Waals surface area contributed by atoms with Crippen molar-refractivity contribution >= 4 is 29.6 Å². The van der Waals surface area contributed by atoms with Crippen molar-refractivity contribution in [3.8, 4) is 17.2 Å². The van der Waals surface area contributed by atoms with Crippen molar-refractivity contribution < 1.29 is 23.0 Å². The van der Waals surface area contributed by atoms with Gasteiger partial charge in [-0.15, -0.1) is 0 Å². The van der Waals surface area contributed by atoms with Gasteiger partial charge in [0.25, 0.3) is 5.91 Å². The van der Waals surface area contributed by atoms with Crippen LogP contribution in [0.1, 0.15) is 108 Å². The average Bonchev–Trinajstić information content (AvgIpc) is 3.60. The Labute approximate surface area is 374 Å². The van der Waals surface area contributed by atoms with Crippen LogP contribution in [0.15, 0.2) is 81.2 Å². The Morgan fingerprint density at radius 2 is 1.69 bits per heavy atom. The van der Waals surface area contributed by atoms with Gasteiger partial charge in [-0.2, -0.15) is 5.10 Å². The number of halogens is 1. The summed E-state index contributed by atoms with van der Waals surface area (Å²) >= 11 is 0. The number of amides is 1. The first kappa shape index (κ1) is 42.7. The molecule has 2 fully saturated rings. The predicted molar refractivity (Wildman–Crippen MR) is 246 cm³/mol. The van der Waals surface area contributed by atoms with Crippen molar-refractivity contribution in [1.29, 1.82) is 0 Å². The molecule has 1 saturated carbocycles. The fourth-order valence-corrected chi connectivity index (χ4v) is 12.4. The van der Waals surface area contributed by atoms with Gasteiger partial charge in [-0.25, -0.2) is 18.7 Å². The van der Waals surface area contributed by atoms with E-state index >= 15 is 9.18 Å². The van der Waals surface area contributed by atoms with Crippen molar-refractivity contribution in [2.45, 2.75) is 84.1 Å². The highest BCUT2D eigenvalue weighted by atomic mass is 31.2. The monoisotopic (exact) mass is 901 g/mol. The molecule has 17 heteroatoms. The summed E-state index contributed by atoms with van der Waals surface area (Å²) in [5, 5.41) is 13.2. The molecule has 0 unspecified atom stereocenters. The Morgan fingerprint density at radius 3 is 2.35 bits per heavy atom. The largest absolute Gasteiger partial charge is 0.438 e. The third kappa shape index (κ3) is 6.86. The molecule has 338 valence electrons. The van der Waals surface area contributed by atoms with E-state index in [-0.39, 0.29) is 17.4 Å². The highest BCUT2D eigenvalue weighted by molar-refractivity contribution is 7.71. The molecule has 3 aliphatic rings. The van der Waals surface area contributed by atoms with E-state index in [2.05, 4.69) is 32.0 Å². The van der Waals surface area contributed by atoms with Gasteiger partial charge in [-0.05, 0) is 118 Å². The third-order valence-electron chi connectivity index (χ3n) is 14.2. The van der Waals surface area contributed by atoms with E-state index in [0.717, 1.165) is 35.1 Å². The second kappa shape index (κ2) is 16.0. The highest BCUT2D eigenvalue weighted by Gasteiger charge is 2.54. The van der Waals surface area contributed by atoms with E-state index in [0.29, 0.717) is 108 Å². The molecule has 0 bridgehead atoms. The number of anilines is 1. The summed E-state index contributed by atoms with van der Waals surface area (Å²) in [7, 11) is -0.868. The summed E-state index contributed by atoms with van der Waals surface area (Å²) in [6.45, 7) is 11.0. The van der Waals surface area contributed by atoms with Gasteiger partial charge in [0, 0.05) is 91.9 Å². The van der Waals surface area contributed by atoms with E-state index in [4.69, 9.17) is 14.4 Å². The summed E-state index contributed by atoms with van der Waals surface area (Å²) in [5.74, 6) is -0.0250. The van der Waals surface area contributed by atoms with Crippen LogP contribution in [0.2, 0.25) is 0 Å². The second-order valence-corrected chi connectivity index (χ2v) is 21.3. The molecule has 2 aliphatic heterocycles. The molecule has 7 heterocycles. The molecule has 1 atom stereocenters. The smallest absolute Gasteiger partial charge is 0.387 e. The minimum atomic E-state index is -2.65. The topological polar surface area (TPSA) is 167 Å². The molecule has 2 aromatic carbocycles. The summed E-state index contributed by atoms with van der Waals surface area (Å²) in [6.07, 6.45) is 9.97. The lowest BCUT2D eigenvalue weighted by molar-refractivity contribution is 0.0675. The minimum absolute atomic E-state index is 0.209. The van der Waals surface area contributed by atoms with Crippen molar-refractivity contribution in [2.75, 3.05) is 44.4 Å². The number of carbonyl (C=O) groups is 1. The number of aryl methyl sites for hydroxylation is 2. The van der Waals surface area contributed by atoms with Crippen LogP contribution in [-0.4, -0.2) is 83.4 Å². The zero-order valence-corrected chi connectivity index (χ0v) is 38.4. The number of aromatic nitrogens is 7. The maximum atomic E-state index is 15.4. The van der Waals surface area contributed by atoms with E-state index in [1.807, 2.05) is 56.1 Å². The number of ether oxygens (including phenoxy) is 1. The molecular weight excluding hydrogens is 849 g/mol. The van der Waals surface area contributed by atoms with Crippen molar-refractivity contribution in [2.24, 2.45) is 0 Å². The number of hydrogen-bond donors (Lipinski definition) is 2. The molecule has 0 radical (unpaired) electrons. The predicted octanol–water partition coefficient (Wildman–Crippen LogP) is 7.30. The number of pyridine rings is 1. The van der Waals surface area contributed by atoms with Gasteiger partial charge >= 0.3 is 11.4 Å². The maximum absolute atomic E-state index is 15.4. The molecule has 2 N–H and O–H groups in total. The molecule has 10 rings (SSSR count). The maximum Gasteiger partial charge on any atom is 0.438 e. The standard InChI is InChI=1S/C48H53FN9O6P/c1-7-65(62,8-2)39-10-9-33(27-38(39)50-6)56-19-20-57(47(56)61)43-40-30(5)54(18-12-37(40)52-58(43)35-23-28(3)41(49)29(4)24-35)44(59)36-26-34-25-32(31-13-21-63-22-14-31)11-17-55(34)42(36)48(15-16-48)45-51-46(60)64-53-45/h9-11,17,19-20,23-27,30-31,50H,7-8,12-16,18,21-22H2,1-6H3,(H,51,53,60)/t30-/m0/s1. The fourth-order valence-electron chi connectivity index (χ4n) is 10.4. The number of rotatable bonds is 11. The molecule has 1 saturated heterocycles. The number of imidazole rings is 1.